The molecule has 0 spiro atoms. The third-order valence-corrected chi connectivity index (χ3v) is 4.99. The predicted octanol–water partition coefficient (Wildman–Crippen LogP) is 1.78. The Hall–Kier alpha value is -0.610. The molecule has 110 valence electrons. The highest BCUT2D eigenvalue weighted by Crippen LogP contribution is 2.39. The predicted molar refractivity (Wildman–Crippen MR) is 75.7 cm³/mol. The Morgan fingerprint density at radius 1 is 1.26 bits per heavy atom. The van der Waals surface area contributed by atoms with Crippen molar-refractivity contribution < 1.29 is 9.53 Å². The summed E-state index contributed by atoms with van der Waals surface area (Å²) in [5, 5.41) is 0. The van der Waals surface area contributed by atoms with Crippen LogP contribution in [0.4, 0.5) is 0 Å². The van der Waals surface area contributed by atoms with Gasteiger partial charge in [-0.05, 0) is 51.5 Å². The number of nitrogens with zero attached hydrogens (tertiary/aromatic N) is 1. The average Bonchev–Trinajstić information content (AvgIpc) is 2.42. The zero-order valence-electron chi connectivity index (χ0n) is 12.4. The third kappa shape index (κ3) is 3.48. The van der Waals surface area contributed by atoms with E-state index in [1.54, 1.807) is 0 Å². The molecule has 0 atom stereocenters. The fraction of sp³-hybridized carbons (Fsp3) is 0.933. The van der Waals surface area contributed by atoms with Crippen LogP contribution in [0, 0.1) is 11.3 Å². The van der Waals surface area contributed by atoms with E-state index in [4.69, 9.17) is 10.5 Å². The van der Waals surface area contributed by atoms with E-state index in [2.05, 4.69) is 18.9 Å². The molecule has 0 aromatic rings. The van der Waals surface area contributed by atoms with Gasteiger partial charge in [-0.25, -0.2) is 0 Å². The summed E-state index contributed by atoms with van der Waals surface area (Å²) in [5.41, 5.74) is 5.51. The lowest BCUT2D eigenvalue weighted by Crippen LogP contribution is -2.45. The molecule has 0 unspecified atom stereocenters. The molecule has 1 aliphatic heterocycles. The summed E-state index contributed by atoms with van der Waals surface area (Å²) in [4.78, 5) is 14.8. The molecule has 1 saturated heterocycles. The molecule has 2 N–H and O–H groups in total. The molecule has 1 saturated carbocycles. The number of ether oxygens (including phenoxy) is 1. The van der Waals surface area contributed by atoms with Crippen LogP contribution in [0.2, 0.25) is 0 Å². The first-order chi connectivity index (χ1) is 9.05. The maximum atomic E-state index is 12.5. The second-order valence-corrected chi connectivity index (χ2v) is 6.57. The van der Waals surface area contributed by atoms with Crippen molar-refractivity contribution >= 4 is 5.97 Å². The molecule has 1 aliphatic carbocycles. The van der Waals surface area contributed by atoms with Crippen molar-refractivity contribution in [1.82, 2.24) is 4.90 Å². The summed E-state index contributed by atoms with van der Waals surface area (Å²) < 4.78 is 5.76. The summed E-state index contributed by atoms with van der Waals surface area (Å²) in [6.07, 6.45) is 6.01. The van der Waals surface area contributed by atoms with Gasteiger partial charge in [0.1, 0.15) is 6.10 Å². The van der Waals surface area contributed by atoms with E-state index in [9.17, 15) is 4.79 Å². The van der Waals surface area contributed by atoms with E-state index in [1.807, 2.05) is 0 Å². The first-order valence-corrected chi connectivity index (χ1v) is 7.65. The zero-order valence-corrected chi connectivity index (χ0v) is 12.4. The van der Waals surface area contributed by atoms with E-state index in [0.717, 1.165) is 57.5 Å². The summed E-state index contributed by atoms with van der Waals surface area (Å²) in [7, 11) is 2.11. The number of hydrogen-bond donors (Lipinski definition) is 1. The molecule has 0 amide bonds. The van der Waals surface area contributed by atoms with Gasteiger partial charge in [0.25, 0.3) is 0 Å². The standard InChI is InChI=1S/C15H28N2O2/c1-12-3-7-15(11-16,8-4-12)14(18)19-13-5-9-17(2)10-6-13/h12-13H,3-11,16H2,1-2H3. The molecule has 0 aromatic carbocycles. The second-order valence-electron chi connectivity index (χ2n) is 6.57. The number of nitrogens with two attached hydrogens (primary N) is 1. The fourth-order valence-corrected chi connectivity index (χ4v) is 3.19. The highest BCUT2D eigenvalue weighted by molar-refractivity contribution is 5.77. The molecular weight excluding hydrogens is 240 g/mol. The van der Waals surface area contributed by atoms with Crippen molar-refractivity contribution in [1.29, 1.82) is 0 Å². The Bertz CT molecular complexity index is 303. The Balaban J connectivity index is 1.90. The van der Waals surface area contributed by atoms with Gasteiger partial charge in [0.2, 0.25) is 0 Å². The van der Waals surface area contributed by atoms with Gasteiger partial charge in [0.05, 0.1) is 5.41 Å². The maximum absolute atomic E-state index is 12.5. The molecule has 0 aromatic heterocycles. The topological polar surface area (TPSA) is 55.6 Å². The fourth-order valence-electron chi connectivity index (χ4n) is 3.19. The summed E-state index contributed by atoms with van der Waals surface area (Å²) in [6.45, 7) is 4.73. The van der Waals surface area contributed by atoms with Crippen molar-refractivity contribution in [3.63, 3.8) is 0 Å². The summed E-state index contributed by atoms with van der Waals surface area (Å²) in [5.74, 6) is 0.687. The van der Waals surface area contributed by atoms with Gasteiger partial charge in [-0.3, -0.25) is 4.79 Å². The van der Waals surface area contributed by atoms with Crippen LogP contribution in [-0.4, -0.2) is 43.7 Å². The van der Waals surface area contributed by atoms with Gasteiger partial charge in [0, 0.05) is 19.6 Å². The smallest absolute Gasteiger partial charge is 0.313 e. The largest absolute Gasteiger partial charge is 0.462 e. The SMILES string of the molecule is CC1CCC(CN)(C(=O)OC2CCN(C)CC2)CC1. The summed E-state index contributed by atoms with van der Waals surface area (Å²) in [6, 6.07) is 0. The van der Waals surface area contributed by atoms with Gasteiger partial charge in [-0.2, -0.15) is 0 Å². The highest BCUT2D eigenvalue weighted by atomic mass is 16.5. The van der Waals surface area contributed by atoms with E-state index >= 15 is 0 Å². The molecule has 1 heterocycles. The number of carbonyl (C=O) groups excluding carboxylic acids is 1. The minimum atomic E-state index is -0.393. The first-order valence-electron chi connectivity index (χ1n) is 7.65. The summed E-state index contributed by atoms with van der Waals surface area (Å²) >= 11 is 0. The van der Waals surface area contributed by atoms with E-state index in [1.165, 1.54) is 0 Å². The first kappa shape index (κ1) is 14.8. The second kappa shape index (κ2) is 6.23. The van der Waals surface area contributed by atoms with Crippen LogP contribution in [0.25, 0.3) is 0 Å². The lowest BCUT2D eigenvalue weighted by molar-refractivity contribution is -0.165. The maximum Gasteiger partial charge on any atom is 0.313 e. The Kier molecular flexibility index (Phi) is 4.85. The minimum absolute atomic E-state index is 0.0311. The van der Waals surface area contributed by atoms with Crippen molar-refractivity contribution in [2.75, 3.05) is 26.7 Å². The molecule has 4 nitrogen and oxygen atoms in total. The van der Waals surface area contributed by atoms with E-state index in [0.29, 0.717) is 6.54 Å². The van der Waals surface area contributed by atoms with Crippen LogP contribution < -0.4 is 5.73 Å². The van der Waals surface area contributed by atoms with Gasteiger partial charge >= 0.3 is 5.97 Å². The van der Waals surface area contributed by atoms with E-state index < -0.39 is 5.41 Å². The van der Waals surface area contributed by atoms with Crippen molar-refractivity contribution in [2.45, 2.75) is 51.6 Å². The molecular formula is C15H28N2O2. The van der Waals surface area contributed by atoms with Crippen LogP contribution in [-0.2, 0) is 9.53 Å². The number of piperidine rings is 1. The molecule has 2 aliphatic rings. The van der Waals surface area contributed by atoms with Gasteiger partial charge in [-0.1, -0.05) is 6.92 Å². The number of rotatable bonds is 3. The minimum Gasteiger partial charge on any atom is -0.462 e. The Morgan fingerprint density at radius 3 is 2.37 bits per heavy atom. The van der Waals surface area contributed by atoms with Crippen molar-refractivity contribution in [3.05, 3.63) is 0 Å². The number of hydrogen-bond acceptors (Lipinski definition) is 4. The monoisotopic (exact) mass is 268 g/mol. The van der Waals surface area contributed by atoms with Crippen molar-refractivity contribution in [2.24, 2.45) is 17.1 Å². The quantitative estimate of drug-likeness (QED) is 0.793. The molecule has 4 heteroatoms. The van der Waals surface area contributed by atoms with Crippen LogP contribution in [0.3, 0.4) is 0 Å². The molecule has 19 heavy (non-hydrogen) atoms. The molecule has 0 radical (unpaired) electrons. The highest BCUT2D eigenvalue weighted by Gasteiger charge is 2.42. The Labute approximate surface area is 116 Å². The number of esters is 1. The van der Waals surface area contributed by atoms with Gasteiger partial charge < -0.3 is 15.4 Å². The third-order valence-electron chi connectivity index (χ3n) is 4.99. The van der Waals surface area contributed by atoms with Crippen LogP contribution in [0.1, 0.15) is 45.4 Å². The van der Waals surface area contributed by atoms with Crippen LogP contribution in [0.5, 0.6) is 0 Å². The zero-order chi connectivity index (χ0) is 13.9. The van der Waals surface area contributed by atoms with Crippen molar-refractivity contribution in [3.8, 4) is 0 Å². The van der Waals surface area contributed by atoms with Crippen LogP contribution >= 0.6 is 0 Å². The molecule has 0 bridgehead atoms. The van der Waals surface area contributed by atoms with Gasteiger partial charge in [-0.15, -0.1) is 0 Å². The molecule has 2 fully saturated rings. The van der Waals surface area contributed by atoms with Gasteiger partial charge in [0.15, 0.2) is 0 Å². The average molecular weight is 268 g/mol. The lowest BCUT2D eigenvalue weighted by Gasteiger charge is -2.38. The normalized spacial score (nSPS) is 34.2. The van der Waals surface area contributed by atoms with E-state index in [-0.39, 0.29) is 12.1 Å². The number of carbonyl (C=O) groups is 1. The molecule has 2 rings (SSSR count). The number of likely N-dealkylation sites (tertiary alicyclic amines) is 1. The lowest BCUT2D eigenvalue weighted by atomic mass is 9.71. The Morgan fingerprint density at radius 2 is 1.84 bits per heavy atom. The van der Waals surface area contributed by atoms with Crippen LogP contribution in [0.15, 0.2) is 0 Å².